The van der Waals surface area contributed by atoms with Crippen molar-refractivity contribution in [1.82, 2.24) is 10.2 Å². The number of hydrogen-bond donors (Lipinski definition) is 1. The molecule has 2 aliphatic rings. The molecule has 0 aromatic rings. The second-order valence-electron chi connectivity index (χ2n) is 4.53. The van der Waals surface area contributed by atoms with E-state index >= 15 is 0 Å². The number of hydrogen-bond acceptors (Lipinski definition) is 2. The molecule has 0 atom stereocenters. The van der Waals surface area contributed by atoms with Crippen molar-refractivity contribution >= 4 is 0 Å². The standard InChI is InChI=1S/C10H20N2/c1-3-12(2)8-10-6-4-9(11-10)5-7-10/h9,11H,3-8H2,1-2H3. The number of nitrogens with zero attached hydrogens (tertiary/aromatic N) is 1. The number of rotatable bonds is 3. The van der Waals surface area contributed by atoms with Crippen molar-refractivity contribution in [1.29, 1.82) is 0 Å². The Morgan fingerprint density at radius 1 is 1.42 bits per heavy atom. The van der Waals surface area contributed by atoms with Gasteiger partial charge in [0.25, 0.3) is 0 Å². The summed E-state index contributed by atoms with van der Waals surface area (Å²) >= 11 is 0. The van der Waals surface area contributed by atoms with Gasteiger partial charge in [-0.15, -0.1) is 0 Å². The summed E-state index contributed by atoms with van der Waals surface area (Å²) in [6, 6.07) is 0.857. The van der Waals surface area contributed by atoms with Gasteiger partial charge in [0, 0.05) is 18.1 Å². The Morgan fingerprint density at radius 2 is 2.08 bits per heavy atom. The Kier molecular flexibility index (Phi) is 2.13. The van der Waals surface area contributed by atoms with Gasteiger partial charge in [-0.05, 0) is 39.3 Å². The second-order valence-corrected chi connectivity index (χ2v) is 4.53. The highest BCUT2D eigenvalue weighted by atomic mass is 15.2. The van der Waals surface area contributed by atoms with Crippen LogP contribution >= 0.6 is 0 Å². The van der Waals surface area contributed by atoms with Crippen molar-refractivity contribution in [2.75, 3.05) is 20.1 Å². The molecule has 0 radical (unpaired) electrons. The van der Waals surface area contributed by atoms with Crippen LogP contribution in [0.5, 0.6) is 0 Å². The van der Waals surface area contributed by atoms with Crippen LogP contribution in [0.2, 0.25) is 0 Å². The van der Waals surface area contributed by atoms with Crippen LogP contribution in [0.15, 0.2) is 0 Å². The molecule has 0 saturated carbocycles. The quantitative estimate of drug-likeness (QED) is 0.681. The van der Waals surface area contributed by atoms with Gasteiger partial charge in [-0.3, -0.25) is 0 Å². The fourth-order valence-electron chi connectivity index (χ4n) is 2.72. The minimum absolute atomic E-state index is 0.509. The lowest BCUT2D eigenvalue weighted by molar-refractivity contribution is 0.238. The first kappa shape index (κ1) is 8.52. The minimum atomic E-state index is 0.509. The summed E-state index contributed by atoms with van der Waals surface area (Å²) in [5.74, 6) is 0. The zero-order valence-corrected chi connectivity index (χ0v) is 8.27. The number of fused-ring (bicyclic) bond motifs is 2. The van der Waals surface area contributed by atoms with Crippen LogP contribution in [0.4, 0.5) is 0 Å². The SMILES string of the molecule is CCN(C)CC12CCC(CC1)N2. The summed E-state index contributed by atoms with van der Waals surface area (Å²) in [5, 5.41) is 3.76. The largest absolute Gasteiger partial charge is 0.307 e. The molecule has 70 valence electrons. The van der Waals surface area contributed by atoms with Crippen LogP contribution in [0, 0.1) is 0 Å². The van der Waals surface area contributed by atoms with Gasteiger partial charge >= 0.3 is 0 Å². The molecular weight excluding hydrogens is 148 g/mol. The van der Waals surface area contributed by atoms with E-state index in [0.717, 1.165) is 6.04 Å². The molecule has 2 aliphatic heterocycles. The molecule has 0 spiro atoms. The average molecular weight is 168 g/mol. The number of likely N-dealkylation sites (N-methyl/N-ethyl adjacent to an activating group) is 1. The van der Waals surface area contributed by atoms with E-state index in [-0.39, 0.29) is 0 Å². The zero-order valence-electron chi connectivity index (χ0n) is 8.27. The van der Waals surface area contributed by atoms with Gasteiger partial charge < -0.3 is 10.2 Å². The lowest BCUT2D eigenvalue weighted by Gasteiger charge is -2.30. The van der Waals surface area contributed by atoms with E-state index in [1.807, 2.05) is 0 Å². The molecule has 0 aliphatic carbocycles. The van der Waals surface area contributed by atoms with E-state index in [1.54, 1.807) is 0 Å². The second kappa shape index (κ2) is 3.00. The maximum atomic E-state index is 3.76. The van der Waals surface area contributed by atoms with E-state index in [4.69, 9.17) is 0 Å². The highest BCUT2D eigenvalue weighted by Gasteiger charge is 2.44. The van der Waals surface area contributed by atoms with Gasteiger partial charge in [0.2, 0.25) is 0 Å². The van der Waals surface area contributed by atoms with Crippen molar-refractivity contribution in [2.45, 2.75) is 44.2 Å². The smallest absolute Gasteiger partial charge is 0.0312 e. The first-order chi connectivity index (χ1) is 5.74. The van der Waals surface area contributed by atoms with Crippen LogP contribution < -0.4 is 5.32 Å². The Balaban J connectivity index is 1.93. The summed E-state index contributed by atoms with van der Waals surface area (Å²) in [5.41, 5.74) is 0.509. The van der Waals surface area contributed by atoms with Crippen LogP contribution in [-0.2, 0) is 0 Å². The predicted molar refractivity (Wildman–Crippen MR) is 51.3 cm³/mol. The minimum Gasteiger partial charge on any atom is -0.307 e. The van der Waals surface area contributed by atoms with Crippen LogP contribution in [0.1, 0.15) is 32.6 Å². The number of nitrogens with one attached hydrogen (secondary N) is 1. The Hall–Kier alpha value is -0.0800. The van der Waals surface area contributed by atoms with E-state index in [2.05, 4.69) is 24.2 Å². The van der Waals surface area contributed by atoms with Crippen LogP contribution in [0.25, 0.3) is 0 Å². The lowest BCUT2D eigenvalue weighted by Crippen LogP contribution is -2.46. The lowest BCUT2D eigenvalue weighted by atomic mass is 9.87. The summed E-state index contributed by atoms with van der Waals surface area (Å²) in [4.78, 5) is 2.43. The molecule has 0 aromatic heterocycles. The molecule has 2 heterocycles. The molecule has 2 fully saturated rings. The highest BCUT2D eigenvalue weighted by molar-refractivity contribution is 5.05. The van der Waals surface area contributed by atoms with Gasteiger partial charge in [-0.2, -0.15) is 0 Å². The third-order valence-electron chi connectivity index (χ3n) is 3.57. The zero-order chi connectivity index (χ0) is 8.60. The fourth-order valence-corrected chi connectivity index (χ4v) is 2.72. The van der Waals surface area contributed by atoms with E-state index < -0.39 is 0 Å². The van der Waals surface area contributed by atoms with Gasteiger partial charge in [0.05, 0.1) is 0 Å². The molecule has 2 rings (SSSR count). The Bertz CT molecular complexity index is 159. The predicted octanol–water partition coefficient (Wildman–Crippen LogP) is 1.22. The molecule has 2 heteroatoms. The summed E-state index contributed by atoms with van der Waals surface area (Å²) in [7, 11) is 2.22. The first-order valence-electron chi connectivity index (χ1n) is 5.20. The summed E-state index contributed by atoms with van der Waals surface area (Å²) < 4.78 is 0. The van der Waals surface area contributed by atoms with Gasteiger partial charge in [0.1, 0.15) is 0 Å². The summed E-state index contributed by atoms with van der Waals surface area (Å²) in [6.07, 6.45) is 5.64. The summed E-state index contributed by atoms with van der Waals surface area (Å²) in [6.45, 7) is 4.66. The maximum Gasteiger partial charge on any atom is 0.0312 e. The van der Waals surface area contributed by atoms with Crippen LogP contribution in [-0.4, -0.2) is 36.6 Å². The monoisotopic (exact) mass is 168 g/mol. The fraction of sp³-hybridized carbons (Fsp3) is 1.00. The average Bonchev–Trinajstić information content (AvgIpc) is 2.63. The van der Waals surface area contributed by atoms with Crippen molar-refractivity contribution in [3.63, 3.8) is 0 Å². The first-order valence-corrected chi connectivity index (χ1v) is 5.20. The molecule has 2 saturated heterocycles. The van der Waals surface area contributed by atoms with E-state index in [9.17, 15) is 0 Å². The van der Waals surface area contributed by atoms with E-state index in [1.165, 1.54) is 38.8 Å². The molecule has 0 amide bonds. The maximum absolute atomic E-state index is 3.76. The Morgan fingerprint density at radius 3 is 2.50 bits per heavy atom. The van der Waals surface area contributed by atoms with Gasteiger partial charge in [0.15, 0.2) is 0 Å². The topological polar surface area (TPSA) is 15.3 Å². The molecule has 0 unspecified atom stereocenters. The van der Waals surface area contributed by atoms with Crippen molar-refractivity contribution < 1.29 is 0 Å². The molecule has 2 nitrogen and oxygen atoms in total. The highest BCUT2D eigenvalue weighted by Crippen LogP contribution is 2.37. The van der Waals surface area contributed by atoms with Gasteiger partial charge in [-0.25, -0.2) is 0 Å². The molecule has 0 aromatic carbocycles. The van der Waals surface area contributed by atoms with Crippen LogP contribution in [0.3, 0.4) is 0 Å². The third kappa shape index (κ3) is 1.38. The molecule has 12 heavy (non-hydrogen) atoms. The third-order valence-corrected chi connectivity index (χ3v) is 3.57. The molecule has 1 N–H and O–H groups in total. The van der Waals surface area contributed by atoms with Crippen molar-refractivity contribution in [3.05, 3.63) is 0 Å². The molecular formula is C10H20N2. The van der Waals surface area contributed by atoms with Gasteiger partial charge in [-0.1, -0.05) is 6.92 Å². The Labute approximate surface area is 75.3 Å². The molecule has 2 bridgehead atoms. The van der Waals surface area contributed by atoms with Crippen molar-refractivity contribution in [3.8, 4) is 0 Å². The van der Waals surface area contributed by atoms with E-state index in [0.29, 0.717) is 5.54 Å². The van der Waals surface area contributed by atoms with Crippen molar-refractivity contribution in [2.24, 2.45) is 0 Å². The normalized spacial score (nSPS) is 39.8.